The number of rotatable bonds is 4. The van der Waals surface area contributed by atoms with E-state index in [0.717, 1.165) is 46.5 Å². The van der Waals surface area contributed by atoms with Crippen LogP contribution in [-0.4, -0.2) is 58.5 Å². The van der Waals surface area contributed by atoms with Crippen molar-refractivity contribution in [3.8, 4) is 22.4 Å². The van der Waals surface area contributed by atoms with E-state index in [1.54, 1.807) is 4.90 Å². The van der Waals surface area contributed by atoms with Gasteiger partial charge in [0.25, 0.3) is 5.91 Å². The fourth-order valence-electron chi connectivity index (χ4n) is 4.39. The molecule has 2 fully saturated rings. The van der Waals surface area contributed by atoms with Crippen LogP contribution in [0.5, 0.6) is 0 Å². The third kappa shape index (κ3) is 4.16. The highest BCUT2D eigenvalue weighted by Gasteiger charge is 2.48. The molecule has 5 rings (SSSR count). The second-order valence-electron chi connectivity index (χ2n) is 9.17. The van der Waals surface area contributed by atoms with E-state index >= 15 is 0 Å². The van der Waals surface area contributed by atoms with Gasteiger partial charge in [0.05, 0.1) is 5.54 Å². The molecule has 0 spiro atoms. The van der Waals surface area contributed by atoms with Crippen LogP contribution < -0.4 is 5.73 Å². The van der Waals surface area contributed by atoms with E-state index in [-0.39, 0.29) is 11.8 Å². The lowest BCUT2D eigenvalue weighted by Gasteiger charge is -2.36. The van der Waals surface area contributed by atoms with E-state index in [1.165, 1.54) is 0 Å². The Bertz CT molecular complexity index is 1220. The zero-order valence-corrected chi connectivity index (χ0v) is 19.0. The molecule has 7 heteroatoms. The quantitative estimate of drug-likeness (QED) is 0.666. The number of carbonyl (C=O) groups is 2. The minimum Gasteiger partial charge on any atom is -0.361 e. The number of hydrogen-bond acceptors (Lipinski definition) is 5. The molecule has 3 aromatic rings. The number of hydrogen-bond donors (Lipinski definition) is 1. The van der Waals surface area contributed by atoms with Crippen molar-refractivity contribution >= 4 is 11.8 Å². The summed E-state index contributed by atoms with van der Waals surface area (Å²) in [5.41, 5.74) is 10.9. The van der Waals surface area contributed by atoms with Crippen molar-refractivity contribution in [2.24, 2.45) is 5.73 Å². The van der Waals surface area contributed by atoms with Gasteiger partial charge in [0.15, 0.2) is 0 Å². The average molecular weight is 445 g/mol. The normalized spacial score (nSPS) is 17.2. The van der Waals surface area contributed by atoms with Crippen LogP contribution in [0.2, 0.25) is 0 Å². The van der Waals surface area contributed by atoms with Crippen molar-refractivity contribution in [1.82, 2.24) is 15.0 Å². The number of carbonyl (C=O) groups excluding carboxylic acids is 2. The smallest absolute Gasteiger partial charge is 0.254 e. The first-order valence-electron chi connectivity index (χ1n) is 11.4. The average Bonchev–Trinajstić information content (AvgIpc) is 3.44. The molecule has 170 valence electrons. The van der Waals surface area contributed by atoms with Crippen molar-refractivity contribution in [1.29, 1.82) is 0 Å². The highest BCUT2D eigenvalue weighted by atomic mass is 16.5. The van der Waals surface area contributed by atoms with E-state index in [0.29, 0.717) is 31.7 Å². The Morgan fingerprint density at radius 3 is 2.21 bits per heavy atom. The van der Waals surface area contributed by atoms with Gasteiger partial charge in [-0.2, -0.15) is 0 Å². The molecule has 1 saturated carbocycles. The third-order valence-electron chi connectivity index (χ3n) is 6.65. The first-order valence-corrected chi connectivity index (χ1v) is 11.4. The number of nitrogens with zero attached hydrogens (tertiary/aromatic N) is 3. The summed E-state index contributed by atoms with van der Waals surface area (Å²) in [6.45, 7) is 5.97. The highest BCUT2D eigenvalue weighted by Crippen LogP contribution is 2.34. The minimum atomic E-state index is -0.650. The lowest BCUT2D eigenvalue weighted by molar-refractivity contribution is -0.135. The molecule has 0 bridgehead atoms. The second-order valence-corrected chi connectivity index (χ2v) is 9.17. The number of amides is 2. The maximum absolute atomic E-state index is 13.2. The molecule has 7 nitrogen and oxygen atoms in total. The molecule has 2 aliphatic rings. The summed E-state index contributed by atoms with van der Waals surface area (Å²) in [6, 6.07) is 16.0. The van der Waals surface area contributed by atoms with Gasteiger partial charge in [-0.25, -0.2) is 0 Å². The predicted molar refractivity (Wildman–Crippen MR) is 125 cm³/mol. The van der Waals surface area contributed by atoms with Gasteiger partial charge in [-0.1, -0.05) is 35.5 Å². The Labute approximate surface area is 193 Å². The first kappa shape index (κ1) is 21.4. The summed E-state index contributed by atoms with van der Waals surface area (Å²) in [7, 11) is 0. The molecule has 1 aliphatic carbocycles. The summed E-state index contributed by atoms with van der Waals surface area (Å²) >= 11 is 0. The standard InChI is InChI=1S/C26H28N4O3/c1-17-14-20(19-4-3-5-21(16-19)23-15-18(2)33-28-23)6-7-22(17)24(31)29-10-12-30(13-11-29)25(32)26(27)8-9-26/h3-7,14-16H,8-13,27H2,1-2H3. The Morgan fingerprint density at radius 1 is 0.909 bits per heavy atom. The van der Waals surface area contributed by atoms with E-state index in [4.69, 9.17) is 10.3 Å². The first-order chi connectivity index (χ1) is 15.8. The summed E-state index contributed by atoms with van der Waals surface area (Å²) < 4.78 is 5.20. The van der Waals surface area contributed by atoms with Gasteiger partial charge in [0, 0.05) is 43.4 Å². The lowest BCUT2D eigenvalue weighted by Crippen LogP contribution is -2.55. The molecular weight excluding hydrogens is 416 g/mol. The van der Waals surface area contributed by atoms with E-state index in [2.05, 4.69) is 11.2 Å². The fraction of sp³-hybridized carbons (Fsp3) is 0.346. The van der Waals surface area contributed by atoms with Gasteiger partial charge in [-0.15, -0.1) is 0 Å². The Kier molecular flexibility index (Phi) is 5.29. The molecule has 0 radical (unpaired) electrons. The minimum absolute atomic E-state index is 0.00635. The van der Waals surface area contributed by atoms with Crippen LogP contribution in [0, 0.1) is 13.8 Å². The van der Waals surface area contributed by atoms with Crippen LogP contribution in [0.1, 0.15) is 34.5 Å². The highest BCUT2D eigenvalue weighted by molar-refractivity contribution is 5.96. The summed E-state index contributed by atoms with van der Waals surface area (Å²) in [6.07, 6.45) is 1.52. The predicted octanol–water partition coefficient (Wildman–Crippen LogP) is 3.40. The number of piperazine rings is 1. The van der Waals surface area contributed by atoms with Crippen LogP contribution in [0.3, 0.4) is 0 Å². The molecule has 2 aromatic carbocycles. The Hall–Kier alpha value is -3.45. The Morgan fingerprint density at radius 2 is 1.58 bits per heavy atom. The number of aromatic nitrogens is 1. The van der Waals surface area contributed by atoms with Crippen molar-refractivity contribution in [2.45, 2.75) is 32.2 Å². The summed E-state index contributed by atoms with van der Waals surface area (Å²) in [5.74, 6) is 0.805. The largest absolute Gasteiger partial charge is 0.361 e. The van der Waals surface area contributed by atoms with Crippen molar-refractivity contribution in [2.75, 3.05) is 26.2 Å². The number of benzene rings is 2. The van der Waals surface area contributed by atoms with Gasteiger partial charge in [0.2, 0.25) is 5.91 Å². The zero-order chi connectivity index (χ0) is 23.2. The maximum atomic E-state index is 13.2. The Balaban J connectivity index is 1.29. The van der Waals surface area contributed by atoms with Crippen molar-refractivity contribution < 1.29 is 14.1 Å². The van der Waals surface area contributed by atoms with Crippen LogP contribution in [0.25, 0.3) is 22.4 Å². The van der Waals surface area contributed by atoms with Crippen LogP contribution in [0.15, 0.2) is 53.1 Å². The molecular formula is C26H28N4O3. The molecule has 2 N–H and O–H groups in total. The lowest BCUT2D eigenvalue weighted by atomic mass is 9.97. The van der Waals surface area contributed by atoms with Crippen molar-refractivity contribution in [3.05, 3.63) is 65.4 Å². The van der Waals surface area contributed by atoms with Crippen LogP contribution >= 0.6 is 0 Å². The van der Waals surface area contributed by atoms with E-state index in [1.807, 2.05) is 61.2 Å². The van der Waals surface area contributed by atoms with Gasteiger partial charge in [-0.05, 0) is 55.5 Å². The SMILES string of the molecule is Cc1cc(-c2cccc(-c3ccc(C(=O)N4CCN(C(=O)C5(N)CC5)CC4)c(C)c3)c2)no1. The summed E-state index contributed by atoms with van der Waals surface area (Å²) in [4.78, 5) is 29.3. The third-order valence-corrected chi connectivity index (χ3v) is 6.65. The molecule has 33 heavy (non-hydrogen) atoms. The second kappa shape index (κ2) is 8.15. The van der Waals surface area contributed by atoms with Gasteiger partial charge in [-0.3, -0.25) is 9.59 Å². The topological polar surface area (TPSA) is 92.7 Å². The number of nitrogens with two attached hydrogens (primary N) is 1. The van der Waals surface area contributed by atoms with E-state index < -0.39 is 5.54 Å². The molecule has 1 aliphatic heterocycles. The van der Waals surface area contributed by atoms with Gasteiger partial charge < -0.3 is 20.1 Å². The monoisotopic (exact) mass is 444 g/mol. The van der Waals surface area contributed by atoms with Crippen molar-refractivity contribution in [3.63, 3.8) is 0 Å². The molecule has 0 unspecified atom stereocenters. The van der Waals surface area contributed by atoms with Crippen LogP contribution in [0.4, 0.5) is 0 Å². The van der Waals surface area contributed by atoms with Gasteiger partial charge >= 0.3 is 0 Å². The van der Waals surface area contributed by atoms with E-state index in [9.17, 15) is 9.59 Å². The molecule has 0 atom stereocenters. The summed E-state index contributed by atoms with van der Waals surface area (Å²) in [5, 5.41) is 4.10. The van der Waals surface area contributed by atoms with Gasteiger partial charge in [0.1, 0.15) is 11.5 Å². The maximum Gasteiger partial charge on any atom is 0.254 e. The molecule has 1 saturated heterocycles. The van der Waals surface area contributed by atoms with Crippen LogP contribution in [-0.2, 0) is 4.79 Å². The molecule has 2 heterocycles. The molecule has 2 amide bonds. The molecule has 1 aromatic heterocycles. The fourth-order valence-corrected chi connectivity index (χ4v) is 4.39. The number of aryl methyl sites for hydroxylation is 2. The zero-order valence-electron chi connectivity index (χ0n) is 19.0.